The van der Waals surface area contributed by atoms with Crippen LogP contribution in [0.3, 0.4) is 0 Å². The van der Waals surface area contributed by atoms with Crippen LogP contribution in [-0.4, -0.2) is 85.0 Å². The maximum Gasteiger partial charge on any atom is 0.0869 e. The van der Waals surface area contributed by atoms with E-state index in [1.165, 1.54) is 11.1 Å². The van der Waals surface area contributed by atoms with Crippen LogP contribution >= 0.6 is 0 Å². The zero-order chi connectivity index (χ0) is 33.6. The molecule has 0 spiro atoms. The first kappa shape index (κ1) is 35.6. The summed E-state index contributed by atoms with van der Waals surface area (Å²) in [6.07, 6.45) is 17.7. The highest BCUT2D eigenvalue weighted by atomic mass is 16.6. The minimum absolute atomic E-state index is 0.0539. The fourth-order valence-electron chi connectivity index (χ4n) is 12.0. The Morgan fingerprint density at radius 3 is 2.56 bits per heavy atom. The summed E-state index contributed by atoms with van der Waals surface area (Å²) in [5, 5.41) is 22.6. The van der Waals surface area contributed by atoms with E-state index in [-0.39, 0.29) is 60.2 Å². The fourth-order valence-corrected chi connectivity index (χ4v) is 12.0. The number of hydrogen-bond acceptors (Lipinski definition) is 7. The van der Waals surface area contributed by atoms with Crippen molar-refractivity contribution >= 4 is 0 Å². The minimum atomic E-state index is -0.421. The van der Waals surface area contributed by atoms with Gasteiger partial charge in [0.25, 0.3) is 0 Å². The minimum Gasteiger partial charge on any atom is -0.393 e. The Kier molecular flexibility index (Phi) is 11.2. The van der Waals surface area contributed by atoms with Crippen molar-refractivity contribution in [1.29, 1.82) is 0 Å². The number of aliphatic hydroxyl groups is 2. The second-order valence-electron chi connectivity index (χ2n) is 17.7. The largest absolute Gasteiger partial charge is 0.393 e. The molecule has 4 saturated heterocycles. The van der Waals surface area contributed by atoms with Gasteiger partial charge < -0.3 is 33.9 Å². The van der Waals surface area contributed by atoms with E-state index in [0.717, 1.165) is 103 Å². The molecule has 7 heteroatoms. The highest BCUT2D eigenvalue weighted by Crippen LogP contribution is 2.63. The SMILES string of the molecule is C=C1COC(CCC23CC4C[C@@H](OC5CCC(CC(O)CC6[C@H](C[C@H]7O[C@@H](CCC)CCC7=C)CC(C)C[C@@H]6OC)O[C@H]45)[C@@H]2C(O)C3)C1. The molecule has 272 valence electrons. The first-order valence-corrected chi connectivity index (χ1v) is 20.0. The third-order valence-corrected chi connectivity index (χ3v) is 14.2. The molecule has 0 radical (unpaired) electrons. The summed E-state index contributed by atoms with van der Waals surface area (Å²) in [6, 6.07) is 0. The lowest BCUT2D eigenvalue weighted by Gasteiger charge is -2.65. The van der Waals surface area contributed by atoms with E-state index in [0.29, 0.717) is 42.8 Å². The maximum absolute atomic E-state index is 11.7. The van der Waals surface area contributed by atoms with Crippen molar-refractivity contribution in [2.24, 2.45) is 35.0 Å². The summed E-state index contributed by atoms with van der Waals surface area (Å²) in [5.74, 6) is 2.06. The molecule has 2 bridgehead atoms. The molecule has 7 nitrogen and oxygen atoms in total. The van der Waals surface area contributed by atoms with E-state index in [4.69, 9.17) is 23.7 Å². The molecular formula is C41H66O7. The van der Waals surface area contributed by atoms with Gasteiger partial charge in [0.15, 0.2) is 0 Å². The lowest BCUT2D eigenvalue weighted by molar-refractivity contribution is -0.296. The van der Waals surface area contributed by atoms with Crippen molar-refractivity contribution < 1.29 is 33.9 Å². The molecular weight excluding hydrogens is 604 g/mol. The molecule has 0 amide bonds. The monoisotopic (exact) mass is 670 g/mol. The van der Waals surface area contributed by atoms with Gasteiger partial charge in [0, 0.05) is 13.0 Å². The maximum atomic E-state index is 11.7. The Hall–Kier alpha value is -0.800. The Balaban J connectivity index is 0.965. The van der Waals surface area contributed by atoms with Crippen molar-refractivity contribution in [2.75, 3.05) is 13.7 Å². The van der Waals surface area contributed by atoms with Gasteiger partial charge in [0.1, 0.15) is 0 Å². The Morgan fingerprint density at radius 2 is 1.81 bits per heavy atom. The average molecular weight is 671 g/mol. The summed E-state index contributed by atoms with van der Waals surface area (Å²) >= 11 is 0. The van der Waals surface area contributed by atoms with Crippen molar-refractivity contribution in [3.63, 3.8) is 0 Å². The van der Waals surface area contributed by atoms with Crippen LogP contribution in [0.1, 0.15) is 123 Å². The van der Waals surface area contributed by atoms with E-state index >= 15 is 0 Å². The zero-order valence-electron chi connectivity index (χ0n) is 30.2. The summed E-state index contributed by atoms with van der Waals surface area (Å²) in [5.41, 5.74) is 2.59. The Bertz CT molecular complexity index is 1130. The van der Waals surface area contributed by atoms with Gasteiger partial charge in [-0.15, -0.1) is 0 Å². The van der Waals surface area contributed by atoms with E-state index in [2.05, 4.69) is 27.0 Å². The number of methoxy groups -OCH3 is 1. The molecule has 9 unspecified atom stereocenters. The molecule has 7 fully saturated rings. The van der Waals surface area contributed by atoms with Gasteiger partial charge in [0.2, 0.25) is 0 Å². The first-order valence-electron chi connectivity index (χ1n) is 20.0. The van der Waals surface area contributed by atoms with Crippen LogP contribution in [0.5, 0.6) is 0 Å². The smallest absolute Gasteiger partial charge is 0.0869 e. The molecule has 16 atom stereocenters. The van der Waals surface area contributed by atoms with Gasteiger partial charge in [-0.2, -0.15) is 0 Å². The average Bonchev–Trinajstić information content (AvgIpc) is 3.47. The van der Waals surface area contributed by atoms with Crippen molar-refractivity contribution in [1.82, 2.24) is 0 Å². The van der Waals surface area contributed by atoms with Crippen LogP contribution in [0.15, 0.2) is 24.3 Å². The predicted octanol–water partition coefficient (Wildman–Crippen LogP) is 7.32. The summed E-state index contributed by atoms with van der Waals surface area (Å²) in [4.78, 5) is 0. The molecule has 3 saturated carbocycles. The second-order valence-corrected chi connectivity index (χ2v) is 17.7. The topological polar surface area (TPSA) is 86.6 Å². The second kappa shape index (κ2) is 15.0. The summed E-state index contributed by atoms with van der Waals surface area (Å²) < 4.78 is 32.5. The molecule has 2 N–H and O–H groups in total. The third kappa shape index (κ3) is 7.41. The molecule has 0 aromatic rings. The van der Waals surface area contributed by atoms with Gasteiger partial charge in [0.05, 0.1) is 67.6 Å². The number of fused-ring (bicyclic) bond motifs is 6. The van der Waals surface area contributed by atoms with Crippen molar-refractivity contribution in [2.45, 2.75) is 184 Å². The van der Waals surface area contributed by atoms with E-state index in [1.807, 2.05) is 7.11 Å². The summed E-state index contributed by atoms with van der Waals surface area (Å²) in [7, 11) is 1.85. The predicted molar refractivity (Wildman–Crippen MR) is 187 cm³/mol. The normalized spacial score (nSPS) is 48.0. The Labute approximate surface area is 290 Å². The highest BCUT2D eigenvalue weighted by Gasteiger charge is 2.64. The first-order chi connectivity index (χ1) is 23.1. The lowest BCUT2D eigenvalue weighted by atomic mass is 9.46. The van der Waals surface area contributed by atoms with Crippen LogP contribution in [0.4, 0.5) is 0 Å². The Morgan fingerprint density at radius 1 is 0.958 bits per heavy atom. The van der Waals surface area contributed by atoms with Gasteiger partial charge in [-0.05, 0) is 143 Å². The van der Waals surface area contributed by atoms with Gasteiger partial charge in [-0.3, -0.25) is 0 Å². The molecule has 4 aliphatic heterocycles. The molecule has 0 aromatic carbocycles. The molecule has 0 aromatic heterocycles. The highest BCUT2D eigenvalue weighted by molar-refractivity contribution is 5.13. The molecule has 48 heavy (non-hydrogen) atoms. The molecule has 4 heterocycles. The van der Waals surface area contributed by atoms with Gasteiger partial charge >= 0.3 is 0 Å². The quantitative estimate of drug-likeness (QED) is 0.211. The number of aliphatic hydroxyl groups excluding tert-OH is 2. The van der Waals surface area contributed by atoms with Crippen molar-refractivity contribution in [3.05, 3.63) is 24.3 Å². The third-order valence-electron chi connectivity index (χ3n) is 14.2. The molecule has 3 aliphatic carbocycles. The number of ether oxygens (including phenoxy) is 5. The summed E-state index contributed by atoms with van der Waals surface area (Å²) in [6.45, 7) is 13.8. The fraction of sp³-hybridized carbons (Fsp3) is 0.902. The van der Waals surface area contributed by atoms with Gasteiger partial charge in [-0.25, -0.2) is 0 Å². The lowest BCUT2D eigenvalue weighted by Crippen LogP contribution is -2.67. The zero-order valence-corrected chi connectivity index (χ0v) is 30.2. The molecule has 7 aliphatic rings. The van der Waals surface area contributed by atoms with E-state index in [9.17, 15) is 10.2 Å². The standard InChI is InChI=1S/C41H66O7/c1-6-7-30-9-8-26(4)36(46-30)17-27-14-24(2)16-37(44-5)33(27)20-29(42)19-32-10-11-35-40(47-32)28-18-38(48-35)39-34(43)22-41(39,21-28)13-12-31-15-25(3)23-45-31/h24,27-40,42-43H,3-4,6-23H2,1-2,5H3/t24?,27-,28?,29?,30-,31?,32?,33?,34?,35?,36+,37-,38+,39-,40+,41?/m0/s1. The van der Waals surface area contributed by atoms with Crippen LogP contribution in [-0.2, 0) is 23.7 Å². The van der Waals surface area contributed by atoms with Crippen LogP contribution in [0.25, 0.3) is 0 Å². The number of rotatable bonds is 12. The van der Waals surface area contributed by atoms with Gasteiger partial charge in [-0.1, -0.05) is 33.4 Å². The van der Waals surface area contributed by atoms with Crippen LogP contribution < -0.4 is 0 Å². The van der Waals surface area contributed by atoms with Crippen LogP contribution in [0, 0.1) is 35.0 Å². The van der Waals surface area contributed by atoms with E-state index in [1.54, 1.807) is 0 Å². The molecule has 7 rings (SSSR count). The number of hydrogen-bond donors (Lipinski definition) is 2. The van der Waals surface area contributed by atoms with Crippen LogP contribution in [0.2, 0.25) is 0 Å². The van der Waals surface area contributed by atoms with Crippen molar-refractivity contribution in [3.8, 4) is 0 Å². The van der Waals surface area contributed by atoms with E-state index < -0.39 is 6.10 Å².